The number of rotatable bonds is 3. The van der Waals surface area contributed by atoms with Crippen molar-refractivity contribution in [3.63, 3.8) is 0 Å². The molecule has 2 rings (SSSR count). The van der Waals surface area contributed by atoms with E-state index in [1.807, 2.05) is 6.92 Å². The lowest BCUT2D eigenvalue weighted by Crippen LogP contribution is -2.19. The molecule has 2 aromatic rings. The first kappa shape index (κ1) is 11.1. The second kappa shape index (κ2) is 4.24. The van der Waals surface area contributed by atoms with Crippen molar-refractivity contribution in [3.8, 4) is 0 Å². The number of hydrogen-bond donors (Lipinski definition) is 2. The molecular formula is C9H13N7O. The first-order valence-corrected chi connectivity index (χ1v) is 4.99. The van der Waals surface area contributed by atoms with Gasteiger partial charge in [-0.2, -0.15) is 5.10 Å². The molecule has 17 heavy (non-hydrogen) atoms. The number of aryl methyl sites for hydroxylation is 2. The molecule has 0 fully saturated rings. The van der Waals surface area contributed by atoms with Gasteiger partial charge in [-0.25, -0.2) is 9.67 Å². The Morgan fingerprint density at radius 2 is 2.29 bits per heavy atom. The van der Waals surface area contributed by atoms with Gasteiger partial charge in [-0.1, -0.05) is 0 Å². The van der Waals surface area contributed by atoms with E-state index in [2.05, 4.69) is 20.5 Å². The van der Waals surface area contributed by atoms with Crippen molar-refractivity contribution >= 4 is 17.5 Å². The molecule has 0 aliphatic carbocycles. The number of nitrogens with two attached hydrogens (primary N) is 1. The van der Waals surface area contributed by atoms with Gasteiger partial charge in [0.1, 0.15) is 12.9 Å². The molecule has 0 saturated carbocycles. The lowest BCUT2D eigenvalue weighted by molar-refractivity contribution is -0.116. The number of nitrogens with one attached hydrogen (secondary N) is 1. The molecule has 0 aliphatic heterocycles. The zero-order valence-electron chi connectivity index (χ0n) is 9.58. The van der Waals surface area contributed by atoms with Crippen LogP contribution in [0.25, 0.3) is 0 Å². The van der Waals surface area contributed by atoms with Gasteiger partial charge in [-0.15, -0.1) is 5.10 Å². The summed E-state index contributed by atoms with van der Waals surface area (Å²) in [5, 5.41) is 10.7. The van der Waals surface area contributed by atoms with Crippen LogP contribution in [0.15, 0.2) is 12.5 Å². The van der Waals surface area contributed by atoms with Gasteiger partial charge in [-0.05, 0) is 6.92 Å². The van der Waals surface area contributed by atoms with Gasteiger partial charge in [-0.3, -0.25) is 9.48 Å². The molecule has 2 aromatic heterocycles. The van der Waals surface area contributed by atoms with Crippen molar-refractivity contribution in [1.82, 2.24) is 24.5 Å². The van der Waals surface area contributed by atoms with E-state index in [0.717, 1.165) is 5.69 Å². The average molecular weight is 235 g/mol. The third-order valence-electron chi connectivity index (χ3n) is 2.15. The van der Waals surface area contributed by atoms with Crippen LogP contribution in [0.5, 0.6) is 0 Å². The van der Waals surface area contributed by atoms with E-state index in [-0.39, 0.29) is 18.4 Å². The normalized spacial score (nSPS) is 10.5. The van der Waals surface area contributed by atoms with Gasteiger partial charge in [0.15, 0.2) is 0 Å². The Labute approximate surface area is 97.4 Å². The minimum absolute atomic E-state index is 0.0680. The largest absolute Gasteiger partial charge is 0.367 e. The van der Waals surface area contributed by atoms with E-state index >= 15 is 0 Å². The van der Waals surface area contributed by atoms with E-state index in [1.165, 1.54) is 11.0 Å². The van der Waals surface area contributed by atoms with Gasteiger partial charge in [0.05, 0.1) is 11.4 Å². The molecule has 0 spiro atoms. The summed E-state index contributed by atoms with van der Waals surface area (Å²) in [4.78, 5) is 15.4. The molecule has 90 valence electrons. The van der Waals surface area contributed by atoms with Crippen LogP contribution in [-0.2, 0) is 18.4 Å². The number of anilines is 2. The molecule has 0 aliphatic rings. The highest BCUT2D eigenvalue weighted by molar-refractivity contribution is 5.90. The molecule has 0 unspecified atom stereocenters. The van der Waals surface area contributed by atoms with Crippen molar-refractivity contribution in [2.24, 2.45) is 7.05 Å². The molecule has 8 nitrogen and oxygen atoms in total. The minimum atomic E-state index is -0.203. The quantitative estimate of drug-likeness (QED) is 0.749. The Morgan fingerprint density at radius 3 is 2.82 bits per heavy atom. The van der Waals surface area contributed by atoms with Crippen molar-refractivity contribution in [1.29, 1.82) is 0 Å². The number of hydrogen-bond acceptors (Lipinski definition) is 5. The van der Waals surface area contributed by atoms with Gasteiger partial charge >= 0.3 is 0 Å². The van der Waals surface area contributed by atoms with Crippen molar-refractivity contribution in [2.75, 3.05) is 11.1 Å². The number of aromatic nitrogens is 5. The summed E-state index contributed by atoms with van der Waals surface area (Å²) in [6.07, 6.45) is 3.15. The number of carbonyl (C=O) groups is 1. The van der Waals surface area contributed by atoms with Gasteiger partial charge in [0.2, 0.25) is 11.9 Å². The zero-order valence-corrected chi connectivity index (χ0v) is 9.58. The summed E-state index contributed by atoms with van der Waals surface area (Å²) in [6.45, 7) is 1.89. The standard InChI is InChI=1S/C9H13N7O/c1-6-7(3-15(2)13-6)12-8(17)4-16-5-11-9(10)14-16/h3,5H,4H2,1-2H3,(H2,10,14)(H,12,17). The third-order valence-corrected chi connectivity index (χ3v) is 2.15. The van der Waals surface area contributed by atoms with E-state index in [4.69, 9.17) is 5.73 Å². The van der Waals surface area contributed by atoms with Crippen LogP contribution >= 0.6 is 0 Å². The Balaban J connectivity index is 2.00. The topological polar surface area (TPSA) is 104 Å². The highest BCUT2D eigenvalue weighted by atomic mass is 16.2. The maximum atomic E-state index is 11.7. The number of amides is 1. The monoisotopic (exact) mass is 235 g/mol. The number of nitrogen functional groups attached to an aromatic ring is 1. The van der Waals surface area contributed by atoms with Crippen molar-refractivity contribution < 1.29 is 4.79 Å². The Kier molecular flexibility index (Phi) is 2.77. The molecule has 0 radical (unpaired) electrons. The fourth-order valence-electron chi connectivity index (χ4n) is 1.44. The van der Waals surface area contributed by atoms with E-state index < -0.39 is 0 Å². The van der Waals surface area contributed by atoms with Gasteiger partial charge in [0, 0.05) is 13.2 Å². The lowest BCUT2D eigenvalue weighted by Gasteiger charge is -2.02. The number of carbonyl (C=O) groups excluding carboxylic acids is 1. The van der Waals surface area contributed by atoms with Crippen LogP contribution < -0.4 is 11.1 Å². The molecular weight excluding hydrogens is 222 g/mol. The fourth-order valence-corrected chi connectivity index (χ4v) is 1.44. The summed E-state index contributed by atoms with van der Waals surface area (Å²) in [6, 6.07) is 0. The minimum Gasteiger partial charge on any atom is -0.367 e. The molecule has 1 amide bonds. The Morgan fingerprint density at radius 1 is 1.53 bits per heavy atom. The Bertz CT molecular complexity index is 541. The summed E-state index contributed by atoms with van der Waals surface area (Å²) >= 11 is 0. The smallest absolute Gasteiger partial charge is 0.246 e. The van der Waals surface area contributed by atoms with Crippen molar-refractivity contribution in [3.05, 3.63) is 18.2 Å². The predicted molar refractivity (Wildman–Crippen MR) is 61.0 cm³/mol. The molecule has 8 heteroatoms. The van der Waals surface area contributed by atoms with E-state index in [9.17, 15) is 4.79 Å². The van der Waals surface area contributed by atoms with E-state index in [1.54, 1.807) is 17.9 Å². The summed E-state index contributed by atoms with van der Waals surface area (Å²) in [5.74, 6) is -0.0543. The predicted octanol–water partition coefficient (Wildman–Crippen LogP) is -0.459. The van der Waals surface area contributed by atoms with Gasteiger partial charge in [0.25, 0.3) is 0 Å². The van der Waals surface area contributed by atoms with Crippen LogP contribution in [0, 0.1) is 6.92 Å². The van der Waals surface area contributed by atoms with Gasteiger partial charge < -0.3 is 11.1 Å². The number of nitrogens with zero attached hydrogens (tertiary/aromatic N) is 5. The lowest BCUT2D eigenvalue weighted by atomic mass is 10.4. The molecule has 3 N–H and O–H groups in total. The summed E-state index contributed by atoms with van der Waals surface area (Å²) < 4.78 is 3.01. The second-order valence-corrected chi connectivity index (χ2v) is 3.65. The average Bonchev–Trinajstić information content (AvgIpc) is 2.74. The van der Waals surface area contributed by atoms with E-state index in [0.29, 0.717) is 5.69 Å². The zero-order chi connectivity index (χ0) is 12.4. The highest BCUT2D eigenvalue weighted by Crippen LogP contribution is 2.11. The summed E-state index contributed by atoms with van der Waals surface area (Å²) in [7, 11) is 1.79. The maximum Gasteiger partial charge on any atom is 0.246 e. The van der Waals surface area contributed by atoms with Crippen LogP contribution in [0.3, 0.4) is 0 Å². The van der Waals surface area contributed by atoms with Crippen LogP contribution in [0.2, 0.25) is 0 Å². The molecule has 0 bridgehead atoms. The third kappa shape index (κ3) is 2.60. The first-order valence-electron chi connectivity index (χ1n) is 4.99. The van der Waals surface area contributed by atoms with Crippen molar-refractivity contribution in [2.45, 2.75) is 13.5 Å². The highest BCUT2D eigenvalue weighted by Gasteiger charge is 2.09. The molecule has 0 saturated heterocycles. The first-order chi connectivity index (χ1) is 8.04. The molecule has 0 aromatic carbocycles. The Hall–Kier alpha value is -2.38. The fraction of sp³-hybridized carbons (Fsp3) is 0.333. The van der Waals surface area contributed by atoms with Crippen LogP contribution in [-0.4, -0.2) is 30.5 Å². The molecule has 0 atom stereocenters. The molecule has 2 heterocycles. The SMILES string of the molecule is Cc1nn(C)cc1NC(=O)Cn1cnc(N)n1. The second-order valence-electron chi connectivity index (χ2n) is 3.65. The summed E-state index contributed by atoms with van der Waals surface area (Å²) in [5.41, 5.74) is 6.79. The maximum absolute atomic E-state index is 11.7. The van der Waals surface area contributed by atoms with Crippen LogP contribution in [0.1, 0.15) is 5.69 Å². The van der Waals surface area contributed by atoms with Crippen LogP contribution in [0.4, 0.5) is 11.6 Å².